The number of carbonyl (C=O) groups excluding carboxylic acids is 2. The molecule has 1 aliphatic heterocycles. The van der Waals surface area contributed by atoms with Crippen LogP contribution in [0, 0.1) is 11.6 Å². The van der Waals surface area contributed by atoms with Crippen LogP contribution in [0.4, 0.5) is 14.5 Å². The van der Waals surface area contributed by atoms with Gasteiger partial charge in [0.1, 0.15) is 18.2 Å². The molecule has 146 valence electrons. The zero-order chi connectivity index (χ0) is 20.5. The quantitative estimate of drug-likeness (QED) is 0.657. The lowest BCUT2D eigenvalue weighted by Gasteiger charge is -2.30. The molecule has 1 unspecified atom stereocenters. The van der Waals surface area contributed by atoms with Crippen LogP contribution in [-0.2, 0) is 4.79 Å². The van der Waals surface area contributed by atoms with Gasteiger partial charge in [0, 0.05) is 21.8 Å². The van der Waals surface area contributed by atoms with Crippen LogP contribution in [0.25, 0.3) is 0 Å². The second-order valence-corrected chi connectivity index (χ2v) is 7.11. The number of halogens is 3. The Morgan fingerprint density at radius 3 is 2.31 bits per heavy atom. The van der Waals surface area contributed by atoms with Crippen LogP contribution in [0.5, 0.6) is 0 Å². The molecule has 1 N–H and O–H groups in total. The van der Waals surface area contributed by atoms with Crippen molar-refractivity contribution < 1.29 is 18.4 Å². The first-order valence-corrected chi connectivity index (χ1v) is 9.21. The van der Waals surface area contributed by atoms with E-state index < -0.39 is 29.5 Å². The first kappa shape index (κ1) is 19.1. The van der Waals surface area contributed by atoms with Gasteiger partial charge in [0.25, 0.3) is 5.91 Å². The molecule has 0 aromatic heterocycles. The Hall–Kier alpha value is -3.25. The molecule has 0 saturated heterocycles. The van der Waals surface area contributed by atoms with Crippen molar-refractivity contribution in [1.29, 1.82) is 0 Å². The third kappa shape index (κ3) is 3.84. The van der Waals surface area contributed by atoms with Gasteiger partial charge in [0.2, 0.25) is 5.91 Å². The molecule has 7 heteroatoms. The minimum atomic E-state index is -0.788. The monoisotopic (exact) mass is 412 g/mol. The maximum Gasteiger partial charge on any atom is 0.255 e. The highest BCUT2D eigenvalue weighted by Crippen LogP contribution is 2.37. The van der Waals surface area contributed by atoms with E-state index in [4.69, 9.17) is 11.6 Å². The van der Waals surface area contributed by atoms with E-state index in [2.05, 4.69) is 5.32 Å². The molecule has 0 bridgehead atoms. The van der Waals surface area contributed by atoms with Crippen molar-refractivity contribution in [1.82, 2.24) is 4.90 Å². The van der Waals surface area contributed by atoms with Crippen LogP contribution in [-0.4, -0.2) is 23.3 Å². The molecule has 3 aromatic rings. The molecule has 0 aliphatic carbocycles. The van der Waals surface area contributed by atoms with Gasteiger partial charge in [0.05, 0.1) is 6.04 Å². The van der Waals surface area contributed by atoms with Crippen molar-refractivity contribution in [3.8, 4) is 0 Å². The van der Waals surface area contributed by atoms with E-state index in [0.29, 0.717) is 27.4 Å². The SMILES string of the molecule is O=C1CN(C(=O)c2ccc(Cl)cc2)C(c2ccc(F)cc2)c2cc(F)ccc2N1. The predicted octanol–water partition coefficient (Wildman–Crippen LogP) is 4.80. The number of amides is 2. The molecule has 2 amide bonds. The Bertz CT molecular complexity index is 1080. The van der Waals surface area contributed by atoms with E-state index in [1.54, 1.807) is 24.3 Å². The summed E-state index contributed by atoms with van der Waals surface area (Å²) < 4.78 is 27.6. The Morgan fingerprint density at radius 2 is 1.62 bits per heavy atom. The highest BCUT2D eigenvalue weighted by atomic mass is 35.5. The first-order valence-electron chi connectivity index (χ1n) is 8.83. The fourth-order valence-electron chi connectivity index (χ4n) is 3.43. The zero-order valence-corrected chi connectivity index (χ0v) is 15.8. The second-order valence-electron chi connectivity index (χ2n) is 6.67. The van der Waals surface area contributed by atoms with Gasteiger partial charge in [0.15, 0.2) is 0 Å². The van der Waals surface area contributed by atoms with Crippen LogP contribution < -0.4 is 5.32 Å². The average molecular weight is 413 g/mol. The summed E-state index contributed by atoms with van der Waals surface area (Å²) in [4.78, 5) is 27.1. The number of hydrogen-bond donors (Lipinski definition) is 1. The standard InChI is InChI=1S/C22H15ClF2N2O2/c23-15-5-1-14(2-6-15)22(29)27-12-20(28)26-19-10-9-17(25)11-18(19)21(27)13-3-7-16(24)8-4-13/h1-11,21H,12H2,(H,26,28). The molecule has 1 aliphatic rings. The third-order valence-corrected chi connectivity index (χ3v) is 5.00. The lowest BCUT2D eigenvalue weighted by molar-refractivity contribution is -0.117. The Balaban J connectivity index is 1.88. The third-order valence-electron chi connectivity index (χ3n) is 4.75. The van der Waals surface area contributed by atoms with Crippen LogP contribution in [0.1, 0.15) is 27.5 Å². The minimum Gasteiger partial charge on any atom is -0.324 e. The van der Waals surface area contributed by atoms with Crippen molar-refractivity contribution in [2.24, 2.45) is 0 Å². The lowest BCUT2D eigenvalue weighted by Crippen LogP contribution is -2.39. The lowest BCUT2D eigenvalue weighted by atomic mass is 9.95. The summed E-state index contributed by atoms with van der Waals surface area (Å²) >= 11 is 5.91. The molecule has 1 heterocycles. The number of hydrogen-bond acceptors (Lipinski definition) is 2. The van der Waals surface area contributed by atoms with Gasteiger partial charge in [-0.25, -0.2) is 8.78 Å². The van der Waals surface area contributed by atoms with E-state index in [1.165, 1.54) is 47.4 Å². The van der Waals surface area contributed by atoms with E-state index in [9.17, 15) is 18.4 Å². The normalized spacial score (nSPS) is 16.0. The molecule has 29 heavy (non-hydrogen) atoms. The van der Waals surface area contributed by atoms with E-state index in [1.807, 2.05) is 0 Å². The molecule has 0 saturated carbocycles. The molecular formula is C22H15ClF2N2O2. The molecule has 4 nitrogen and oxygen atoms in total. The Labute approximate surface area is 170 Å². The van der Waals surface area contributed by atoms with Crippen molar-refractivity contribution in [3.05, 3.63) is 100 Å². The van der Waals surface area contributed by atoms with Crippen LogP contribution >= 0.6 is 11.6 Å². The molecule has 0 radical (unpaired) electrons. The van der Waals surface area contributed by atoms with Gasteiger partial charge in [-0.1, -0.05) is 23.7 Å². The number of nitrogens with zero attached hydrogens (tertiary/aromatic N) is 1. The largest absolute Gasteiger partial charge is 0.324 e. The number of rotatable bonds is 2. The van der Waals surface area contributed by atoms with Gasteiger partial charge in [-0.15, -0.1) is 0 Å². The maximum absolute atomic E-state index is 14.1. The van der Waals surface area contributed by atoms with E-state index >= 15 is 0 Å². The second kappa shape index (κ2) is 7.64. The highest BCUT2D eigenvalue weighted by Gasteiger charge is 2.34. The maximum atomic E-state index is 14.1. The molecule has 4 rings (SSSR count). The molecular weight excluding hydrogens is 398 g/mol. The fourth-order valence-corrected chi connectivity index (χ4v) is 3.56. The summed E-state index contributed by atoms with van der Waals surface area (Å²) in [6.07, 6.45) is 0. The zero-order valence-electron chi connectivity index (χ0n) is 15.0. The van der Waals surface area contributed by atoms with Gasteiger partial charge >= 0.3 is 0 Å². The van der Waals surface area contributed by atoms with Crippen LogP contribution in [0.15, 0.2) is 66.7 Å². The van der Waals surface area contributed by atoms with Crippen molar-refractivity contribution in [3.63, 3.8) is 0 Å². The van der Waals surface area contributed by atoms with E-state index in [-0.39, 0.29) is 6.54 Å². The van der Waals surface area contributed by atoms with Crippen molar-refractivity contribution >= 4 is 29.1 Å². The predicted molar refractivity (Wildman–Crippen MR) is 106 cm³/mol. The minimum absolute atomic E-state index is 0.250. The summed E-state index contributed by atoms with van der Waals surface area (Å²) in [5.74, 6) is -1.79. The number of nitrogens with one attached hydrogen (secondary N) is 1. The number of carbonyl (C=O) groups is 2. The van der Waals surface area contributed by atoms with Crippen molar-refractivity contribution in [2.75, 3.05) is 11.9 Å². The summed E-state index contributed by atoms with van der Waals surface area (Å²) in [7, 11) is 0. The summed E-state index contributed by atoms with van der Waals surface area (Å²) in [5.41, 5.74) is 1.69. The Morgan fingerprint density at radius 1 is 0.966 bits per heavy atom. The summed E-state index contributed by atoms with van der Waals surface area (Å²) in [5, 5.41) is 3.18. The number of benzene rings is 3. The number of fused-ring (bicyclic) bond motifs is 1. The molecule has 0 fully saturated rings. The summed E-state index contributed by atoms with van der Waals surface area (Å²) in [6, 6.07) is 15.0. The number of anilines is 1. The van der Waals surface area contributed by atoms with E-state index in [0.717, 1.165) is 0 Å². The molecule has 0 spiro atoms. The highest BCUT2D eigenvalue weighted by molar-refractivity contribution is 6.30. The molecule has 1 atom stereocenters. The summed E-state index contributed by atoms with van der Waals surface area (Å²) in [6.45, 7) is -0.250. The smallest absolute Gasteiger partial charge is 0.255 e. The van der Waals surface area contributed by atoms with Gasteiger partial charge in [-0.05, 0) is 60.2 Å². The van der Waals surface area contributed by atoms with Gasteiger partial charge in [-0.2, -0.15) is 0 Å². The van der Waals surface area contributed by atoms with Crippen LogP contribution in [0.3, 0.4) is 0 Å². The molecule has 3 aromatic carbocycles. The van der Waals surface area contributed by atoms with Gasteiger partial charge < -0.3 is 10.2 Å². The van der Waals surface area contributed by atoms with Crippen LogP contribution in [0.2, 0.25) is 5.02 Å². The fraction of sp³-hybridized carbons (Fsp3) is 0.0909. The average Bonchev–Trinajstić information content (AvgIpc) is 2.84. The van der Waals surface area contributed by atoms with Gasteiger partial charge in [-0.3, -0.25) is 9.59 Å². The van der Waals surface area contributed by atoms with Crippen molar-refractivity contribution in [2.45, 2.75) is 6.04 Å². The Kier molecular flexibility index (Phi) is 5.03. The first-order chi connectivity index (χ1) is 13.9. The topological polar surface area (TPSA) is 49.4 Å².